The lowest BCUT2D eigenvalue weighted by molar-refractivity contribution is 0.0148. The molecule has 0 aromatic carbocycles. The highest BCUT2D eigenvalue weighted by atomic mass is 16.6. The molecule has 0 saturated carbocycles. The maximum atomic E-state index is 12.1. The van der Waals surface area contributed by atoms with Gasteiger partial charge in [0, 0.05) is 38.1 Å². The van der Waals surface area contributed by atoms with Gasteiger partial charge >= 0.3 is 6.09 Å². The predicted molar refractivity (Wildman–Crippen MR) is 80.8 cm³/mol. The molecule has 1 aliphatic rings. The van der Waals surface area contributed by atoms with Crippen LogP contribution >= 0.6 is 0 Å². The maximum absolute atomic E-state index is 12.1. The van der Waals surface area contributed by atoms with Gasteiger partial charge in [0.2, 0.25) is 0 Å². The monoisotopic (exact) mass is 302 g/mol. The molecule has 1 aromatic rings. The normalized spacial score (nSPS) is 17.6. The van der Waals surface area contributed by atoms with E-state index in [0.717, 1.165) is 5.69 Å². The molecule has 1 fully saturated rings. The summed E-state index contributed by atoms with van der Waals surface area (Å²) in [5, 5.41) is 9.58. The number of amides is 1. The SMILES string of the molecule is CC(C)(C)OC(=O)N1CCC(C#N)(Cc2cnccn2)CC1. The van der Waals surface area contributed by atoms with E-state index < -0.39 is 11.0 Å². The first-order chi connectivity index (χ1) is 10.3. The molecule has 0 unspecified atom stereocenters. The number of rotatable bonds is 2. The summed E-state index contributed by atoms with van der Waals surface area (Å²) in [5.74, 6) is 0. The molecule has 1 aromatic heterocycles. The van der Waals surface area contributed by atoms with Gasteiger partial charge in [0.1, 0.15) is 5.60 Å². The van der Waals surface area contributed by atoms with Crippen LogP contribution < -0.4 is 0 Å². The maximum Gasteiger partial charge on any atom is 0.410 e. The third-order valence-corrected chi connectivity index (χ3v) is 3.75. The van der Waals surface area contributed by atoms with E-state index in [1.807, 2.05) is 20.8 Å². The minimum Gasteiger partial charge on any atom is -0.444 e. The van der Waals surface area contributed by atoms with E-state index in [0.29, 0.717) is 32.4 Å². The van der Waals surface area contributed by atoms with E-state index in [9.17, 15) is 10.1 Å². The summed E-state index contributed by atoms with van der Waals surface area (Å²) >= 11 is 0. The molecule has 1 aliphatic heterocycles. The van der Waals surface area contributed by atoms with Crippen LogP contribution in [0.5, 0.6) is 0 Å². The molecule has 6 nitrogen and oxygen atoms in total. The van der Waals surface area contributed by atoms with Gasteiger partial charge in [-0.3, -0.25) is 9.97 Å². The Balaban J connectivity index is 1.97. The molecule has 0 atom stereocenters. The van der Waals surface area contributed by atoms with Crippen molar-refractivity contribution in [3.63, 3.8) is 0 Å². The van der Waals surface area contributed by atoms with Crippen LogP contribution in [-0.2, 0) is 11.2 Å². The first-order valence-electron chi connectivity index (χ1n) is 7.48. The highest BCUT2D eigenvalue weighted by Gasteiger charge is 2.37. The Hall–Kier alpha value is -2.16. The molecule has 1 saturated heterocycles. The highest BCUT2D eigenvalue weighted by molar-refractivity contribution is 5.68. The summed E-state index contributed by atoms with van der Waals surface area (Å²) in [4.78, 5) is 22.0. The van der Waals surface area contributed by atoms with Crippen LogP contribution in [0.1, 0.15) is 39.3 Å². The van der Waals surface area contributed by atoms with Crippen LogP contribution in [0.25, 0.3) is 0 Å². The van der Waals surface area contributed by atoms with Crippen molar-refractivity contribution in [3.8, 4) is 6.07 Å². The van der Waals surface area contributed by atoms with Crippen LogP contribution in [0.3, 0.4) is 0 Å². The van der Waals surface area contributed by atoms with Gasteiger partial charge in [0.05, 0.1) is 17.2 Å². The van der Waals surface area contributed by atoms with Crippen molar-refractivity contribution in [1.82, 2.24) is 14.9 Å². The number of carbonyl (C=O) groups is 1. The van der Waals surface area contributed by atoms with Crippen molar-refractivity contribution in [2.45, 2.75) is 45.6 Å². The third kappa shape index (κ3) is 4.17. The Kier molecular flexibility index (Phi) is 4.65. The van der Waals surface area contributed by atoms with Crippen molar-refractivity contribution < 1.29 is 9.53 Å². The van der Waals surface area contributed by atoms with Gasteiger partial charge < -0.3 is 9.64 Å². The Morgan fingerprint density at radius 2 is 2.09 bits per heavy atom. The molecule has 1 amide bonds. The second-order valence-corrected chi connectivity index (χ2v) is 6.73. The van der Waals surface area contributed by atoms with Gasteiger partial charge in [-0.05, 0) is 33.6 Å². The molecule has 0 aliphatic carbocycles. The average molecular weight is 302 g/mol. The van der Waals surface area contributed by atoms with Crippen LogP contribution in [0, 0.1) is 16.7 Å². The molecule has 0 N–H and O–H groups in total. The van der Waals surface area contributed by atoms with E-state index >= 15 is 0 Å². The summed E-state index contributed by atoms with van der Waals surface area (Å²) in [6.07, 6.45) is 6.46. The standard InChI is InChI=1S/C16H22N4O2/c1-15(2,3)22-14(21)20-8-4-16(12-17,5-9-20)10-13-11-18-6-7-19-13/h6-7,11H,4-5,8-10H2,1-3H3. The second kappa shape index (κ2) is 6.30. The molecule has 118 valence electrons. The van der Waals surface area contributed by atoms with E-state index in [1.54, 1.807) is 23.5 Å². The van der Waals surface area contributed by atoms with Gasteiger partial charge in [0.25, 0.3) is 0 Å². The molecule has 0 spiro atoms. The molecule has 0 radical (unpaired) electrons. The number of carbonyl (C=O) groups excluding carboxylic acids is 1. The van der Waals surface area contributed by atoms with E-state index in [2.05, 4.69) is 16.0 Å². The number of nitrogens with zero attached hydrogens (tertiary/aromatic N) is 4. The summed E-state index contributed by atoms with van der Waals surface area (Å²) < 4.78 is 5.38. The minimum atomic E-state index is -0.500. The minimum absolute atomic E-state index is 0.307. The Morgan fingerprint density at radius 1 is 1.41 bits per heavy atom. The fourth-order valence-electron chi connectivity index (χ4n) is 2.54. The zero-order valence-electron chi connectivity index (χ0n) is 13.4. The zero-order chi connectivity index (χ0) is 16.2. The Labute approximate surface area is 131 Å². The molecular weight excluding hydrogens is 280 g/mol. The fraction of sp³-hybridized carbons (Fsp3) is 0.625. The number of hydrogen-bond acceptors (Lipinski definition) is 5. The lowest BCUT2D eigenvalue weighted by atomic mass is 9.76. The number of ether oxygens (including phenoxy) is 1. The quantitative estimate of drug-likeness (QED) is 0.839. The predicted octanol–water partition coefficient (Wildman–Crippen LogP) is 2.56. The Bertz CT molecular complexity index is 552. The van der Waals surface area contributed by atoms with Crippen LogP contribution in [0.15, 0.2) is 18.6 Å². The first kappa shape index (κ1) is 16.2. The molecule has 2 heterocycles. The van der Waals surface area contributed by atoms with Crippen molar-refractivity contribution in [1.29, 1.82) is 5.26 Å². The number of piperidine rings is 1. The fourth-order valence-corrected chi connectivity index (χ4v) is 2.54. The summed E-state index contributed by atoms with van der Waals surface area (Å²) in [5.41, 5.74) is -0.163. The summed E-state index contributed by atoms with van der Waals surface area (Å²) in [6, 6.07) is 2.43. The Morgan fingerprint density at radius 3 is 2.59 bits per heavy atom. The molecule has 22 heavy (non-hydrogen) atoms. The smallest absolute Gasteiger partial charge is 0.410 e. The van der Waals surface area contributed by atoms with Gasteiger partial charge in [-0.1, -0.05) is 0 Å². The first-order valence-corrected chi connectivity index (χ1v) is 7.48. The number of hydrogen-bond donors (Lipinski definition) is 0. The van der Waals surface area contributed by atoms with Crippen LogP contribution in [-0.4, -0.2) is 39.7 Å². The largest absolute Gasteiger partial charge is 0.444 e. The van der Waals surface area contributed by atoms with Gasteiger partial charge in [-0.2, -0.15) is 5.26 Å². The molecule has 2 rings (SSSR count). The third-order valence-electron chi connectivity index (χ3n) is 3.75. The van der Waals surface area contributed by atoms with Crippen molar-refractivity contribution in [2.75, 3.05) is 13.1 Å². The summed E-state index contributed by atoms with van der Waals surface area (Å²) in [7, 11) is 0. The molecule has 0 bridgehead atoms. The summed E-state index contributed by atoms with van der Waals surface area (Å²) in [6.45, 7) is 6.61. The second-order valence-electron chi connectivity index (χ2n) is 6.73. The number of aromatic nitrogens is 2. The van der Waals surface area contributed by atoms with Crippen molar-refractivity contribution >= 4 is 6.09 Å². The van der Waals surface area contributed by atoms with E-state index in [4.69, 9.17) is 4.74 Å². The van der Waals surface area contributed by atoms with Crippen molar-refractivity contribution in [3.05, 3.63) is 24.3 Å². The van der Waals surface area contributed by atoms with Crippen molar-refractivity contribution in [2.24, 2.45) is 5.41 Å². The van der Waals surface area contributed by atoms with Gasteiger partial charge in [-0.15, -0.1) is 0 Å². The zero-order valence-corrected chi connectivity index (χ0v) is 13.4. The molecular formula is C16H22N4O2. The molecule has 6 heteroatoms. The lowest BCUT2D eigenvalue weighted by Crippen LogP contribution is -2.45. The topological polar surface area (TPSA) is 79.1 Å². The van der Waals surface area contributed by atoms with Crippen LogP contribution in [0.2, 0.25) is 0 Å². The van der Waals surface area contributed by atoms with Gasteiger partial charge in [-0.25, -0.2) is 4.79 Å². The number of likely N-dealkylation sites (tertiary alicyclic amines) is 1. The average Bonchev–Trinajstić information content (AvgIpc) is 2.47. The number of nitriles is 1. The van der Waals surface area contributed by atoms with E-state index in [1.165, 1.54) is 0 Å². The van der Waals surface area contributed by atoms with E-state index in [-0.39, 0.29) is 6.09 Å². The van der Waals surface area contributed by atoms with Gasteiger partial charge in [0.15, 0.2) is 0 Å². The van der Waals surface area contributed by atoms with Crippen LogP contribution in [0.4, 0.5) is 4.79 Å². The highest BCUT2D eigenvalue weighted by Crippen LogP contribution is 2.34. The lowest BCUT2D eigenvalue weighted by Gasteiger charge is -2.37.